The number of nitrogens with zero attached hydrogens (tertiary/aromatic N) is 4. The molecule has 0 spiro atoms. The van der Waals surface area contributed by atoms with Crippen molar-refractivity contribution in [3.8, 4) is 6.01 Å². The predicted octanol–water partition coefficient (Wildman–Crippen LogP) is 0.674. The van der Waals surface area contributed by atoms with E-state index in [4.69, 9.17) is 4.74 Å². The highest BCUT2D eigenvalue weighted by Crippen LogP contribution is 2.11. The highest BCUT2D eigenvalue weighted by atomic mass is 16.5. The summed E-state index contributed by atoms with van der Waals surface area (Å²) in [6.07, 6.45) is 0. The summed E-state index contributed by atoms with van der Waals surface area (Å²) in [6.45, 7) is 5.70. The van der Waals surface area contributed by atoms with Gasteiger partial charge in [0.15, 0.2) is 0 Å². The fourth-order valence-corrected chi connectivity index (χ4v) is 1.56. The molecule has 0 aliphatic heterocycles. The molecule has 0 aromatic carbocycles. The van der Waals surface area contributed by atoms with Gasteiger partial charge in [0.1, 0.15) is 0 Å². The van der Waals surface area contributed by atoms with Crippen molar-refractivity contribution in [3.63, 3.8) is 0 Å². The van der Waals surface area contributed by atoms with Crippen LogP contribution in [0.3, 0.4) is 0 Å². The molecule has 1 aromatic rings. The zero-order chi connectivity index (χ0) is 13.5. The summed E-state index contributed by atoms with van der Waals surface area (Å²) in [5, 5.41) is 6.27. The number of nitrogens with one attached hydrogen (secondary N) is 2. The molecule has 0 saturated carbocycles. The van der Waals surface area contributed by atoms with Gasteiger partial charge in [0.25, 0.3) is 0 Å². The Kier molecular flexibility index (Phi) is 5.57. The van der Waals surface area contributed by atoms with Crippen molar-refractivity contribution in [1.82, 2.24) is 19.9 Å². The van der Waals surface area contributed by atoms with E-state index in [2.05, 4.69) is 37.4 Å². The normalized spacial score (nSPS) is 12.3. The molecular formula is C11H22N6O. The Morgan fingerprint density at radius 2 is 1.89 bits per heavy atom. The molecule has 0 saturated heterocycles. The van der Waals surface area contributed by atoms with E-state index >= 15 is 0 Å². The Morgan fingerprint density at radius 3 is 2.44 bits per heavy atom. The highest BCUT2D eigenvalue weighted by molar-refractivity contribution is 5.36. The molecule has 0 aliphatic rings. The first-order valence-corrected chi connectivity index (χ1v) is 6.00. The van der Waals surface area contributed by atoms with E-state index in [9.17, 15) is 0 Å². The molecular weight excluding hydrogens is 232 g/mol. The second-order valence-electron chi connectivity index (χ2n) is 4.31. The smallest absolute Gasteiger partial charge is 0.322 e. The summed E-state index contributed by atoms with van der Waals surface area (Å²) < 4.78 is 5.05. The molecule has 18 heavy (non-hydrogen) atoms. The number of anilines is 2. The Bertz CT molecular complexity index is 371. The van der Waals surface area contributed by atoms with Crippen molar-refractivity contribution in [2.45, 2.75) is 19.9 Å². The number of hydrogen-bond acceptors (Lipinski definition) is 7. The average Bonchev–Trinajstić information content (AvgIpc) is 2.27. The fraction of sp³-hybridized carbons (Fsp3) is 0.727. The molecule has 0 bridgehead atoms. The van der Waals surface area contributed by atoms with Crippen LogP contribution in [0.25, 0.3) is 0 Å². The van der Waals surface area contributed by atoms with Crippen LogP contribution < -0.4 is 15.4 Å². The summed E-state index contributed by atoms with van der Waals surface area (Å²) in [5.74, 6) is 1.04. The van der Waals surface area contributed by atoms with E-state index in [-0.39, 0.29) is 6.04 Å². The lowest BCUT2D eigenvalue weighted by atomic mass is 10.3. The lowest BCUT2D eigenvalue weighted by Crippen LogP contribution is -2.30. The van der Waals surface area contributed by atoms with Gasteiger partial charge in [-0.25, -0.2) is 0 Å². The van der Waals surface area contributed by atoms with Gasteiger partial charge in [-0.15, -0.1) is 0 Å². The zero-order valence-corrected chi connectivity index (χ0v) is 11.7. The molecule has 1 heterocycles. The van der Waals surface area contributed by atoms with Crippen LogP contribution in [0.4, 0.5) is 11.9 Å². The number of likely N-dealkylation sites (N-methyl/N-ethyl adjacent to an activating group) is 1. The highest BCUT2D eigenvalue weighted by Gasteiger charge is 2.09. The summed E-state index contributed by atoms with van der Waals surface area (Å²) in [6, 6.07) is 0.544. The molecule has 7 nitrogen and oxygen atoms in total. The topological polar surface area (TPSA) is 75.2 Å². The van der Waals surface area contributed by atoms with Crippen molar-refractivity contribution >= 4 is 11.9 Å². The maximum absolute atomic E-state index is 5.05. The van der Waals surface area contributed by atoms with Gasteiger partial charge in [0, 0.05) is 19.1 Å². The summed E-state index contributed by atoms with van der Waals surface area (Å²) in [7, 11) is 5.59. The molecule has 1 atom stereocenters. The number of methoxy groups -OCH3 is 1. The molecule has 1 rings (SSSR count). The van der Waals surface area contributed by atoms with Crippen LogP contribution >= 0.6 is 0 Å². The third-order valence-electron chi connectivity index (χ3n) is 2.15. The Balaban J connectivity index is 2.77. The van der Waals surface area contributed by atoms with Gasteiger partial charge in [-0.3, -0.25) is 0 Å². The molecule has 0 radical (unpaired) electrons. The Morgan fingerprint density at radius 1 is 1.22 bits per heavy atom. The largest absolute Gasteiger partial charge is 0.467 e. The number of ether oxygens (including phenoxy) is 1. The van der Waals surface area contributed by atoms with Crippen molar-refractivity contribution in [1.29, 1.82) is 0 Å². The number of hydrogen-bond donors (Lipinski definition) is 2. The van der Waals surface area contributed by atoms with Gasteiger partial charge in [0.2, 0.25) is 11.9 Å². The maximum Gasteiger partial charge on any atom is 0.322 e. The minimum absolute atomic E-state index is 0.238. The second kappa shape index (κ2) is 6.95. The van der Waals surface area contributed by atoms with Crippen molar-refractivity contribution in [3.05, 3.63) is 0 Å². The van der Waals surface area contributed by atoms with Crippen LogP contribution in [0.5, 0.6) is 6.01 Å². The van der Waals surface area contributed by atoms with Crippen LogP contribution in [-0.4, -0.2) is 60.2 Å². The molecule has 0 aliphatic carbocycles. The zero-order valence-electron chi connectivity index (χ0n) is 11.7. The molecule has 0 fully saturated rings. The van der Waals surface area contributed by atoms with E-state index < -0.39 is 0 Å². The van der Waals surface area contributed by atoms with Crippen molar-refractivity contribution in [2.24, 2.45) is 0 Å². The minimum atomic E-state index is 0.238. The van der Waals surface area contributed by atoms with E-state index in [1.165, 1.54) is 7.11 Å². The summed E-state index contributed by atoms with van der Waals surface area (Å²) in [5.41, 5.74) is 0. The van der Waals surface area contributed by atoms with Gasteiger partial charge in [-0.05, 0) is 27.9 Å². The molecule has 1 unspecified atom stereocenters. The number of rotatable bonds is 7. The van der Waals surface area contributed by atoms with Gasteiger partial charge in [-0.1, -0.05) is 0 Å². The van der Waals surface area contributed by atoms with Gasteiger partial charge >= 0.3 is 6.01 Å². The van der Waals surface area contributed by atoms with E-state index in [0.29, 0.717) is 17.9 Å². The molecule has 2 N–H and O–H groups in total. The average molecular weight is 254 g/mol. The van der Waals surface area contributed by atoms with E-state index in [0.717, 1.165) is 13.1 Å². The van der Waals surface area contributed by atoms with E-state index in [1.54, 1.807) is 0 Å². The Hall–Kier alpha value is -1.63. The molecule has 1 aromatic heterocycles. The SMILES string of the molecule is CCNc1nc(NC(C)CN(C)C)nc(OC)n1. The minimum Gasteiger partial charge on any atom is -0.467 e. The monoisotopic (exact) mass is 254 g/mol. The second-order valence-corrected chi connectivity index (χ2v) is 4.31. The first-order chi connectivity index (χ1) is 8.55. The summed E-state index contributed by atoms with van der Waals surface area (Å²) >= 11 is 0. The van der Waals surface area contributed by atoms with Gasteiger partial charge in [0.05, 0.1) is 7.11 Å². The maximum atomic E-state index is 5.05. The first kappa shape index (κ1) is 14.4. The third kappa shape index (κ3) is 4.70. The lowest BCUT2D eigenvalue weighted by Gasteiger charge is -2.18. The van der Waals surface area contributed by atoms with E-state index in [1.807, 2.05) is 21.0 Å². The quantitative estimate of drug-likeness (QED) is 0.740. The summed E-state index contributed by atoms with van der Waals surface area (Å²) in [4.78, 5) is 14.6. The standard InChI is InChI=1S/C11H22N6O/c1-6-12-9-14-10(16-11(15-9)18-5)13-8(2)7-17(3)4/h8H,6-7H2,1-5H3,(H2,12,13,14,15,16). The predicted molar refractivity (Wildman–Crippen MR) is 72.2 cm³/mol. The Labute approximate surface area is 108 Å². The van der Waals surface area contributed by atoms with Crippen LogP contribution in [-0.2, 0) is 0 Å². The van der Waals surface area contributed by atoms with Crippen LogP contribution in [0, 0.1) is 0 Å². The third-order valence-corrected chi connectivity index (χ3v) is 2.15. The number of aromatic nitrogens is 3. The van der Waals surface area contributed by atoms with Crippen LogP contribution in [0.2, 0.25) is 0 Å². The van der Waals surface area contributed by atoms with Crippen LogP contribution in [0.1, 0.15) is 13.8 Å². The van der Waals surface area contributed by atoms with Gasteiger partial charge in [-0.2, -0.15) is 15.0 Å². The molecule has 102 valence electrons. The lowest BCUT2D eigenvalue weighted by molar-refractivity contribution is 0.377. The van der Waals surface area contributed by atoms with Crippen molar-refractivity contribution < 1.29 is 4.74 Å². The van der Waals surface area contributed by atoms with Crippen LogP contribution in [0.15, 0.2) is 0 Å². The fourth-order valence-electron chi connectivity index (χ4n) is 1.56. The van der Waals surface area contributed by atoms with Gasteiger partial charge < -0.3 is 20.3 Å². The first-order valence-electron chi connectivity index (χ1n) is 6.00. The van der Waals surface area contributed by atoms with Crippen molar-refractivity contribution in [2.75, 3.05) is 44.9 Å². The molecule has 7 heteroatoms. The molecule has 0 amide bonds.